The molecule has 0 unspecified atom stereocenters. The molecular weight excluding hydrogens is 364 g/mol. The first-order valence-electron chi connectivity index (χ1n) is 10.7. The van der Waals surface area contributed by atoms with Crippen LogP contribution in [-0.2, 0) is 0 Å². The van der Waals surface area contributed by atoms with E-state index in [4.69, 9.17) is 4.74 Å². The number of rotatable bonds is 4. The van der Waals surface area contributed by atoms with Crippen molar-refractivity contribution in [3.05, 3.63) is 47.0 Å². The van der Waals surface area contributed by atoms with Gasteiger partial charge in [0.05, 0.1) is 0 Å². The van der Waals surface area contributed by atoms with E-state index in [0.29, 0.717) is 19.0 Å². The molecule has 1 aliphatic heterocycles. The molecular formula is C23H30N4O2. The van der Waals surface area contributed by atoms with Gasteiger partial charge in [-0.05, 0) is 57.7 Å². The monoisotopic (exact) mass is 394 g/mol. The molecule has 0 spiro atoms. The molecule has 1 amide bonds. The quantitative estimate of drug-likeness (QED) is 0.790. The summed E-state index contributed by atoms with van der Waals surface area (Å²) < 4.78 is 5.97. The summed E-state index contributed by atoms with van der Waals surface area (Å²) in [7, 11) is 0. The van der Waals surface area contributed by atoms with Crippen molar-refractivity contribution in [3.8, 4) is 5.88 Å². The maximum atomic E-state index is 12.8. The van der Waals surface area contributed by atoms with Crippen LogP contribution in [0.15, 0.2) is 30.3 Å². The first-order valence-corrected chi connectivity index (χ1v) is 10.7. The fraction of sp³-hybridized carbons (Fsp3) is 0.522. The highest BCUT2D eigenvalue weighted by Crippen LogP contribution is 2.23. The van der Waals surface area contributed by atoms with Crippen LogP contribution in [0.1, 0.15) is 53.6 Å². The average molecular weight is 395 g/mol. The molecule has 6 nitrogen and oxygen atoms in total. The minimum atomic E-state index is 0.110. The summed E-state index contributed by atoms with van der Waals surface area (Å²) in [6, 6.07) is 9.93. The van der Waals surface area contributed by atoms with Crippen molar-refractivity contribution in [1.82, 2.24) is 15.1 Å². The van der Waals surface area contributed by atoms with Gasteiger partial charge in [0.1, 0.15) is 6.10 Å². The zero-order chi connectivity index (χ0) is 20.2. The summed E-state index contributed by atoms with van der Waals surface area (Å²) in [5, 5.41) is 8.64. The molecule has 0 atom stereocenters. The van der Waals surface area contributed by atoms with Crippen LogP contribution in [0.25, 0.3) is 0 Å². The van der Waals surface area contributed by atoms with Gasteiger partial charge in [-0.1, -0.05) is 23.6 Å². The number of hydrogen-bond donors (Lipinski definition) is 0. The molecule has 0 bridgehead atoms. The average Bonchev–Trinajstić information content (AvgIpc) is 2.74. The molecule has 6 heteroatoms. The number of carbonyl (C=O) groups is 1. The topological polar surface area (TPSA) is 58.6 Å². The van der Waals surface area contributed by atoms with Crippen LogP contribution >= 0.6 is 0 Å². The SMILES string of the molecule is Cc1cc(C)cc(C(=O)N2CCN(c3ccc(OC4CCCCC4)nn3)CC2)c1. The highest BCUT2D eigenvalue weighted by molar-refractivity contribution is 5.94. The van der Waals surface area contributed by atoms with Crippen molar-refractivity contribution < 1.29 is 9.53 Å². The Morgan fingerprint density at radius 2 is 1.62 bits per heavy atom. The second-order valence-corrected chi connectivity index (χ2v) is 8.26. The number of piperazine rings is 1. The van der Waals surface area contributed by atoms with E-state index in [1.54, 1.807) is 0 Å². The molecule has 1 aliphatic carbocycles. The Balaban J connectivity index is 1.32. The number of benzene rings is 1. The maximum Gasteiger partial charge on any atom is 0.253 e. The van der Waals surface area contributed by atoms with Gasteiger partial charge in [-0.25, -0.2) is 0 Å². The molecule has 0 radical (unpaired) electrons. The number of ether oxygens (including phenoxy) is 1. The number of hydrogen-bond acceptors (Lipinski definition) is 5. The summed E-state index contributed by atoms with van der Waals surface area (Å²) in [6.45, 7) is 6.95. The van der Waals surface area contributed by atoms with Gasteiger partial charge in [0.15, 0.2) is 5.82 Å². The van der Waals surface area contributed by atoms with Crippen LogP contribution in [0.2, 0.25) is 0 Å². The van der Waals surface area contributed by atoms with Gasteiger partial charge in [-0.15, -0.1) is 10.2 Å². The van der Waals surface area contributed by atoms with E-state index in [-0.39, 0.29) is 12.0 Å². The summed E-state index contributed by atoms with van der Waals surface area (Å²) in [5.74, 6) is 1.57. The molecule has 2 aromatic rings. The van der Waals surface area contributed by atoms with Crippen LogP contribution in [0.5, 0.6) is 5.88 Å². The Labute approximate surface area is 172 Å². The van der Waals surface area contributed by atoms with Gasteiger partial charge in [0.2, 0.25) is 5.88 Å². The zero-order valence-corrected chi connectivity index (χ0v) is 17.4. The second kappa shape index (κ2) is 8.80. The molecule has 2 fully saturated rings. The smallest absolute Gasteiger partial charge is 0.253 e. The molecule has 1 saturated carbocycles. The fourth-order valence-corrected chi connectivity index (χ4v) is 4.32. The van der Waals surface area contributed by atoms with Crippen LogP contribution in [0.3, 0.4) is 0 Å². The number of aryl methyl sites for hydroxylation is 2. The van der Waals surface area contributed by atoms with Crippen LogP contribution < -0.4 is 9.64 Å². The third-order valence-electron chi connectivity index (χ3n) is 5.83. The van der Waals surface area contributed by atoms with E-state index < -0.39 is 0 Å². The molecule has 0 N–H and O–H groups in total. The van der Waals surface area contributed by atoms with Crippen molar-refractivity contribution in [3.63, 3.8) is 0 Å². The third-order valence-corrected chi connectivity index (χ3v) is 5.83. The maximum absolute atomic E-state index is 12.8. The normalized spacial score (nSPS) is 18.0. The van der Waals surface area contributed by atoms with Crippen molar-refractivity contribution >= 4 is 11.7 Å². The Kier molecular flexibility index (Phi) is 5.97. The predicted octanol–water partition coefficient (Wildman–Crippen LogP) is 3.77. The highest BCUT2D eigenvalue weighted by Gasteiger charge is 2.23. The van der Waals surface area contributed by atoms with Crippen LogP contribution in [-0.4, -0.2) is 53.3 Å². The molecule has 4 rings (SSSR count). The molecule has 1 aromatic heterocycles. The van der Waals surface area contributed by atoms with E-state index in [1.165, 1.54) is 19.3 Å². The fourth-order valence-electron chi connectivity index (χ4n) is 4.32. The first-order chi connectivity index (χ1) is 14.1. The lowest BCUT2D eigenvalue weighted by Gasteiger charge is -2.35. The van der Waals surface area contributed by atoms with E-state index in [2.05, 4.69) is 21.2 Å². The number of aromatic nitrogens is 2. The number of nitrogens with zero attached hydrogens (tertiary/aromatic N) is 4. The van der Waals surface area contributed by atoms with E-state index in [0.717, 1.165) is 48.4 Å². The van der Waals surface area contributed by atoms with Crippen LogP contribution in [0, 0.1) is 13.8 Å². The lowest BCUT2D eigenvalue weighted by molar-refractivity contribution is 0.0746. The van der Waals surface area contributed by atoms with Gasteiger partial charge in [0.25, 0.3) is 5.91 Å². The van der Waals surface area contributed by atoms with Crippen molar-refractivity contribution in [2.45, 2.75) is 52.1 Å². The summed E-state index contributed by atoms with van der Waals surface area (Å²) in [5.41, 5.74) is 3.02. The standard InChI is InChI=1S/C23H30N4O2/c1-17-14-18(2)16-19(15-17)23(28)27-12-10-26(11-13-27)21-8-9-22(25-24-21)29-20-6-4-3-5-7-20/h8-9,14-16,20H,3-7,10-13H2,1-2H3. The second-order valence-electron chi connectivity index (χ2n) is 8.26. The lowest BCUT2D eigenvalue weighted by atomic mass is 9.98. The van der Waals surface area contributed by atoms with Gasteiger partial charge in [-0.3, -0.25) is 4.79 Å². The largest absolute Gasteiger partial charge is 0.473 e. The minimum absolute atomic E-state index is 0.110. The molecule has 2 aliphatic rings. The van der Waals surface area contributed by atoms with Crippen LogP contribution in [0.4, 0.5) is 5.82 Å². The van der Waals surface area contributed by atoms with E-state index >= 15 is 0 Å². The first kappa shape index (κ1) is 19.7. The molecule has 29 heavy (non-hydrogen) atoms. The Morgan fingerprint density at radius 1 is 0.931 bits per heavy atom. The Morgan fingerprint density at radius 3 is 2.24 bits per heavy atom. The summed E-state index contributed by atoms with van der Waals surface area (Å²) in [6.07, 6.45) is 6.29. The summed E-state index contributed by atoms with van der Waals surface area (Å²) in [4.78, 5) is 17.0. The number of carbonyl (C=O) groups excluding carboxylic acids is 1. The van der Waals surface area contributed by atoms with Crippen molar-refractivity contribution in [2.75, 3.05) is 31.1 Å². The molecule has 154 valence electrons. The highest BCUT2D eigenvalue weighted by atomic mass is 16.5. The Bertz CT molecular complexity index is 818. The van der Waals surface area contributed by atoms with Crippen molar-refractivity contribution in [2.24, 2.45) is 0 Å². The molecule has 1 saturated heterocycles. The molecule has 2 heterocycles. The van der Waals surface area contributed by atoms with Gasteiger partial charge < -0.3 is 14.5 Å². The lowest BCUT2D eigenvalue weighted by Crippen LogP contribution is -2.49. The minimum Gasteiger partial charge on any atom is -0.473 e. The predicted molar refractivity (Wildman–Crippen MR) is 114 cm³/mol. The third kappa shape index (κ3) is 4.86. The van der Waals surface area contributed by atoms with Gasteiger partial charge in [-0.2, -0.15) is 0 Å². The van der Waals surface area contributed by atoms with E-state index in [9.17, 15) is 4.79 Å². The van der Waals surface area contributed by atoms with Gasteiger partial charge >= 0.3 is 0 Å². The van der Waals surface area contributed by atoms with E-state index in [1.807, 2.05) is 43.0 Å². The van der Waals surface area contributed by atoms with Gasteiger partial charge in [0, 0.05) is 37.8 Å². The van der Waals surface area contributed by atoms with Crippen molar-refractivity contribution in [1.29, 1.82) is 0 Å². The zero-order valence-electron chi connectivity index (χ0n) is 17.4. The summed E-state index contributed by atoms with van der Waals surface area (Å²) >= 11 is 0. The Hall–Kier alpha value is -2.63. The number of anilines is 1. The molecule has 1 aromatic carbocycles. The number of amides is 1.